The van der Waals surface area contributed by atoms with Crippen LogP contribution in [0.2, 0.25) is 0 Å². The first-order chi connectivity index (χ1) is 9.63. The van der Waals surface area contributed by atoms with Crippen LogP contribution in [-0.4, -0.2) is 5.91 Å². The van der Waals surface area contributed by atoms with Crippen molar-refractivity contribution in [2.75, 3.05) is 11.1 Å². The van der Waals surface area contributed by atoms with Crippen molar-refractivity contribution in [3.05, 3.63) is 46.4 Å². The number of hydrogen-bond donors (Lipinski definition) is 2. The van der Waals surface area contributed by atoms with Crippen molar-refractivity contribution in [2.45, 2.75) is 12.8 Å². The van der Waals surface area contributed by atoms with Gasteiger partial charge in [-0.15, -0.1) is 0 Å². The van der Waals surface area contributed by atoms with Gasteiger partial charge in [0.05, 0.1) is 10.2 Å². The van der Waals surface area contributed by atoms with Gasteiger partial charge in [0.25, 0.3) is 0 Å². The number of nitrogens with one attached hydrogen (secondary N) is 1. The second-order valence-corrected chi connectivity index (χ2v) is 5.48. The van der Waals surface area contributed by atoms with Crippen LogP contribution in [0.1, 0.15) is 12.0 Å². The van der Waals surface area contributed by atoms with E-state index in [1.165, 1.54) is 0 Å². The van der Waals surface area contributed by atoms with Crippen LogP contribution in [0.3, 0.4) is 0 Å². The molecule has 0 unspecified atom stereocenters. The Morgan fingerprint density at radius 1 is 1.15 bits per heavy atom. The fraction of sp³-hybridized carbons (Fsp3) is 0.133. The third kappa shape index (κ3) is 2.49. The zero-order valence-corrected chi connectivity index (χ0v) is 12.2. The molecular formula is C15H13BrN2O2. The molecule has 5 heteroatoms. The van der Waals surface area contributed by atoms with Crippen molar-refractivity contribution in [3.63, 3.8) is 0 Å². The quantitative estimate of drug-likeness (QED) is 0.824. The first-order valence-corrected chi connectivity index (χ1v) is 7.07. The first-order valence-electron chi connectivity index (χ1n) is 6.28. The smallest absolute Gasteiger partial charge is 0.224 e. The zero-order chi connectivity index (χ0) is 14.1. The number of para-hydroxylation sites is 1. The fourth-order valence-corrected chi connectivity index (χ4v) is 2.53. The third-order valence-corrected chi connectivity index (χ3v) is 3.84. The Labute approximate surface area is 125 Å². The normalized spacial score (nSPS) is 13.6. The minimum Gasteiger partial charge on any atom is -0.454 e. The minimum atomic E-state index is 0.0223. The molecule has 1 heterocycles. The number of halogens is 1. The van der Waals surface area contributed by atoms with E-state index in [9.17, 15) is 4.79 Å². The van der Waals surface area contributed by atoms with Gasteiger partial charge in [0.2, 0.25) is 5.91 Å². The molecule has 0 saturated carbocycles. The molecule has 3 rings (SSSR count). The average Bonchev–Trinajstić information content (AvgIpc) is 2.42. The molecule has 2 aromatic carbocycles. The molecule has 3 N–H and O–H groups in total. The molecule has 1 aliphatic rings. The molecule has 0 radical (unpaired) electrons. The number of benzene rings is 2. The van der Waals surface area contributed by atoms with Gasteiger partial charge in [-0.3, -0.25) is 4.79 Å². The largest absolute Gasteiger partial charge is 0.454 e. The van der Waals surface area contributed by atoms with E-state index in [0.29, 0.717) is 30.0 Å². The summed E-state index contributed by atoms with van der Waals surface area (Å²) in [5.74, 6) is 1.24. The average molecular weight is 333 g/mol. The number of carbonyl (C=O) groups excluding carboxylic acids is 1. The van der Waals surface area contributed by atoms with Crippen molar-refractivity contribution in [2.24, 2.45) is 0 Å². The lowest BCUT2D eigenvalue weighted by molar-refractivity contribution is -0.116. The Morgan fingerprint density at radius 3 is 2.75 bits per heavy atom. The summed E-state index contributed by atoms with van der Waals surface area (Å²) in [6, 6.07) is 11.2. The first kappa shape index (κ1) is 13.0. The van der Waals surface area contributed by atoms with Gasteiger partial charge in [0.15, 0.2) is 5.75 Å². The van der Waals surface area contributed by atoms with E-state index in [1.54, 1.807) is 6.07 Å². The summed E-state index contributed by atoms with van der Waals surface area (Å²) in [6.07, 6.45) is 1.21. The molecule has 20 heavy (non-hydrogen) atoms. The number of amides is 1. The molecule has 0 atom stereocenters. The summed E-state index contributed by atoms with van der Waals surface area (Å²) >= 11 is 3.43. The van der Waals surface area contributed by atoms with Crippen LogP contribution >= 0.6 is 15.9 Å². The van der Waals surface area contributed by atoms with Crippen molar-refractivity contribution in [1.82, 2.24) is 0 Å². The number of rotatable bonds is 2. The van der Waals surface area contributed by atoms with Gasteiger partial charge in [-0.25, -0.2) is 0 Å². The molecule has 4 nitrogen and oxygen atoms in total. The molecule has 0 aliphatic carbocycles. The maximum Gasteiger partial charge on any atom is 0.224 e. The molecular weight excluding hydrogens is 320 g/mol. The highest BCUT2D eigenvalue weighted by atomic mass is 79.9. The fourth-order valence-electron chi connectivity index (χ4n) is 2.16. The van der Waals surface area contributed by atoms with Crippen molar-refractivity contribution in [3.8, 4) is 11.5 Å². The van der Waals surface area contributed by atoms with E-state index in [0.717, 1.165) is 15.7 Å². The highest BCUT2D eigenvalue weighted by Crippen LogP contribution is 2.37. The Morgan fingerprint density at radius 2 is 1.95 bits per heavy atom. The molecule has 2 aromatic rings. The van der Waals surface area contributed by atoms with Gasteiger partial charge >= 0.3 is 0 Å². The summed E-state index contributed by atoms with van der Waals surface area (Å²) in [5, 5.41) is 2.84. The predicted molar refractivity (Wildman–Crippen MR) is 82.0 cm³/mol. The van der Waals surface area contributed by atoms with Crippen LogP contribution in [0.25, 0.3) is 0 Å². The van der Waals surface area contributed by atoms with Gasteiger partial charge in [-0.05, 0) is 46.1 Å². The van der Waals surface area contributed by atoms with Gasteiger partial charge < -0.3 is 15.8 Å². The number of fused-ring (bicyclic) bond motifs is 1. The summed E-state index contributed by atoms with van der Waals surface area (Å²) in [7, 11) is 0. The van der Waals surface area contributed by atoms with E-state index in [-0.39, 0.29) is 5.91 Å². The lowest BCUT2D eigenvalue weighted by Crippen LogP contribution is -2.19. The van der Waals surface area contributed by atoms with Crippen LogP contribution < -0.4 is 15.8 Å². The number of nitrogen functional groups attached to an aromatic ring is 1. The zero-order valence-electron chi connectivity index (χ0n) is 10.7. The molecule has 1 amide bonds. The number of nitrogens with two attached hydrogens (primary N) is 1. The van der Waals surface area contributed by atoms with Crippen molar-refractivity contribution < 1.29 is 9.53 Å². The summed E-state index contributed by atoms with van der Waals surface area (Å²) in [4.78, 5) is 11.4. The number of anilines is 2. The van der Waals surface area contributed by atoms with Crippen LogP contribution in [0.15, 0.2) is 40.9 Å². The summed E-state index contributed by atoms with van der Waals surface area (Å²) in [5.41, 5.74) is 8.41. The third-order valence-electron chi connectivity index (χ3n) is 3.19. The standard InChI is InChI=1S/C15H13BrN2O2/c16-10-3-1-2-4-13(10)20-14-8-12-9(7-11(14)17)5-6-15(19)18-12/h1-4,7-8H,5-6,17H2,(H,18,19). The highest BCUT2D eigenvalue weighted by Gasteiger charge is 2.17. The Bertz CT molecular complexity index is 686. The van der Waals surface area contributed by atoms with Crippen molar-refractivity contribution in [1.29, 1.82) is 0 Å². The molecule has 0 saturated heterocycles. The van der Waals surface area contributed by atoms with Crippen LogP contribution in [0.4, 0.5) is 11.4 Å². The van der Waals surface area contributed by atoms with Crippen LogP contribution in [0.5, 0.6) is 11.5 Å². The Balaban J connectivity index is 1.96. The van der Waals surface area contributed by atoms with Gasteiger partial charge in [-0.1, -0.05) is 12.1 Å². The molecule has 102 valence electrons. The number of hydrogen-bond acceptors (Lipinski definition) is 3. The number of aryl methyl sites for hydroxylation is 1. The SMILES string of the molecule is Nc1cc2c(cc1Oc1ccccc1Br)NC(=O)CC2. The van der Waals surface area contributed by atoms with E-state index in [4.69, 9.17) is 10.5 Å². The molecule has 0 spiro atoms. The van der Waals surface area contributed by atoms with E-state index in [2.05, 4.69) is 21.2 Å². The summed E-state index contributed by atoms with van der Waals surface area (Å²) < 4.78 is 6.67. The van der Waals surface area contributed by atoms with E-state index >= 15 is 0 Å². The van der Waals surface area contributed by atoms with Gasteiger partial charge in [0, 0.05) is 18.2 Å². The van der Waals surface area contributed by atoms with Crippen LogP contribution in [0, 0.1) is 0 Å². The van der Waals surface area contributed by atoms with E-state index in [1.807, 2.05) is 30.3 Å². The highest BCUT2D eigenvalue weighted by molar-refractivity contribution is 9.10. The van der Waals surface area contributed by atoms with Gasteiger partial charge in [0.1, 0.15) is 5.75 Å². The van der Waals surface area contributed by atoms with Crippen molar-refractivity contribution >= 4 is 33.2 Å². The predicted octanol–water partition coefficient (Wildman–Crippen LogP) is 3.71. The van der Waals surface area contributed by atoms with Gasteiger partial charge in [-0.2, -0.15) is 0 Å². The molecule has 0 bridgehead atoms. The molecule has 0 fully saturated rings. The van der Waals surface area contributed by atoms with E-state index < -0.39 is 0 Å². The van der Waals surface area contributed by atoms with Crippen LogP contribution in [-0.2, 0) is 11.2 Å². The second kappa shape index (κ2) is 5.17. The Kier molecular flexibility index (Phi) is 3.36. The second-order valence-electron chi connectivity index (χ2n) is 4.63. The number of ether oxygens (including phenoxy) is 1. The Hall–Kier alpha value is -2.01. The topological polar surface area (TPSA) is 64.3 Å². The maximum atomic E-state index is 11.4. The number of carbonyl (C=O) groups is 1. The molecule has 1 aliphatic heterocycles. The maximum absolute atomic E-state index is 11.4. The lowest BCUT2D eigenvalue weighted by Gasteiger charge is -2.19. The summed E-state index contributed by atoms with van der Waals surface area (Å²) in [6.45, 7) is 0. The lowest BCUT2D eigenvalue weighted by atomic mass is 10.0. The monoisotopic (exact) mass is 332 g/mol. The molecule has 0 aromatic heterocycles. The minimum absolute atomic E-state index is 0.0223.